The molecule has 0 heterocycles. The van der Waals surface area contributed by atoms with E-state index in [1.165, 1.54) is 12.1 Å². The van der Waals surface area contributed by atoms with Crippen molar-refractivity contribution < 1.29 is 21.9 Å². The number of benzene rings is 1. The lowest BCUT2D eigenvalue weighted by molar-refractivity contribution is -0.152. The van der Waals surface area contributed by atoms with Gasteiger partial charge in [-0.05, 0) is 12.1 Å². The van der Waals surface area contributed by atoms with E-state index in [0.29, 0.717) is 0 Å². The number of hydrogen-bond donors (Lipinski definition) is 0. The van der Waals surface area contributed by atoms with Gasteiger partial charge in [-0.25, -0.2) is 0 Å². The summed E-state index contributed by atoms with van der Waals surface area (Å²) in [5.41, 5.74) is 0. The van der Waals surface area contributed by atoms with Crippen LogP contribution < -0.4 is 5.30 Å². The number of rotatable bonds is 3. The molecule has 1 rings (SSSR count). The molecule has 0 aromatic heterocycles. The van der Waals surface area contributed by atoms with E-state index in [4.69, 9.17) is 0 Å². The van der Waals surface area contributed by atoms with Crippen LogP contribution in [0.5, 0.6) is 0 Å². The Hall–Kier alpha value is -0.670. The standard InChI is InChI=1S/C8H7F4OP/c9-8(10,11)6-13-14(12)7-4-2-1-3-5-7/h1-5H,6H2. The highest BCUT2D eigenvalue weighted by Crippen LogP contribution is 2.38. The van der Waals surface area contributed by atoms with Gasteiger partial charge < -0.3 is 4.52 Å². The molecular weight excluding hydrogens is 219 g/mol. The zero-order valence-electron chi connectivity index (χ0n) is 6.96. The third kappa shape index (κ3) is 4.03. The van der Waals surface area contributed by atoms with Crippen LogP contribution in [0.3, 0.4) is 0 Å². The van der Waals surface area contributed by atoms with Crippen molar-refractivity contribution in [1.82, 2.24) is 0 Å². The van der Waals surface area contributed by atoms with Crippen molar-refractivity contribution in [2.75, 3.05) is 6.61 Å². The first-order valence-electron chi connectivity index (χ1n) is 3.70. The topological polar surface area (TPSA) is 9.23 Å². The normalized spacial score (nSPS) is 14.0. The van der Waals surface area contributed by atoms with Crippen molar-refractivity contribution in [1.29, 1.82) is 0 Å². The molecule has 1 nitrogen and oxygen atoms in total. The Morgan fingerprint density at radius 2 is 1.71 bits per heavy atom. The fourth-order valence-corrected chi connectivity index (χ4v) is 1.56. The molecule has 0 amide bonds. The van der Waals surface area contributed by atoms with Crippen LogP contribution in [0.1, 0.15) is 0 Å². The van der Waals surface area contributed by atoms with Gasteiger partial charge in [-0.3, -0.25) is 0 Å². The molecule has 1 unspecified atom stereocenters. The molecular formula is C8H7F4OP. The van der Waals surface area contributed by atoms with Crippen molar-refractivity contribution in [3.8, 4) is 0 Å². The van der Waals surface area contributed by atoms with Crippen LogP contribution >= 0.6 is 8.46 Å². The molecule has 0 bridgehead atoms. The summed E-state index contributed by atoms with van der Waals surface area (Å²) in [6, 6.07) is 7.52. The van der Waals surface area contributed by atoms with Crippen molar-refractivity contribution in [2.24, 2.45) is 0 Å². The van der Waals surface area contributed by atoms with Gasteiger partial charge in [-0.1, -0.05) is 18.2 Å². The minimum absolute atomic E-state index is 0.145. The second kappa shape index (κ2) is 4.71. The zero-order valence-corrected chi connectivity index (χ0v) is 7.86. The van der Waals surface area contributed by atoms with Crippen molar-refractivity contribution in [3.05, 3.63) is 30.3 Å². The minimum Gasteiger partial charge on any atom is -0.318 e. The van der Waals surface area contributed by atoms with Gasteiger partial charge in [0.2, 0.25) is 0 Å². The molecule has 0 spiro atoms. The van der Waals surface area contributed by atoms with E-state index in [1.54, 1.807) is 18.2 Å². The van der Waals surface area contributed by atoms with Gasteiger partial charge in [0, 0.05) is 5.30 Å². The largest absolute Gasteiger partial charge is 0.412 e. The first kappa shape index (κ1) is 11.4. The number of halogens is 4. The predicted octanol–water partition coefficient (Wildman–Crippen LogP) is 3.17. The van der Waals surface area contributed by atoms with Crippen LogP contribution in [0, 0.1) is 0 Å². The average Bonchev–Trinajstić information content (AvgIpc) is 2.14. The highest BCUT2D eigenvalue weighted by atomic mass is 31.2. The van der Waals surface area contributed by atoms with Crippen molar-refractivity contribution in [3.63, 3.8) is 0 Å². The number of hydrogen-bond acceptors (Lipinski definition) is 1. The summed E-state index contributed by atoms with van der Waals surface area (Å²) in [5, 5.41) is 0.145. The Bertz CT molecular complexity index is 274. The van der Waals surface area contributed by atoms with E-state index in [-0.39, 0.29) is 5.30 Å². The quantitative estimate of drug-likeness (QED) is 0.568. The summed E-state index contributed by atoms with van der Waals surface area (Å²) in [6.45, 7) is -1.55. The van der Waals surface area contributed by atoms with Crippen LogP contribution in [0.25, 0.3) is 0 Å². The van der Waals surface area contributed by atoms with Gasteiger partial charge in [-0.15, -0.1) is 0 Å². The van der Waals surface area contributed by atoms with Crippen LogP contribution in [0.2, 0.25) is 0 Å². The smallest absolute Gasteiger partial charge is 0.318 e. The molecule has 0 saturated carbocycles. The molecule has 0 radical (unpaired) electrons. The Morgan fingerprint density at radius 1 is 1.14 bits per heavy atom. The summed E-state index contributed by atoms with van der Waals surface area (Å²) in [6.07, 6.45) is -4.48. The molecule has 14 heavy (non-hydrogen) atoms. The van der Waals surface area contributed by atoms with E-state index in [1.807, 2.05) is 0 Å². The molecule has 1 aromatic carbocycles. The monoisotopic (exact) mass is 226 g/mol. The van der Waals surface area contributed by atoms with Gasteiger partial charge in [0.05, 0.1) is 0 Å². The second-order valence-corrected chi connectivity index (χ2v) is 3.73. The summed E-state index contributed by atoms with van der Waals surface area (Å²) >= 11 is 0. The third-order valence-electron chi connectivity index (χ3n) is 1.30. The van der Waals surface area contributed by atoms with Crippen molar-refractivity contribution >= 4 is 13.8 Å². The maximum absolute atomic E-state index is 13.0. The Labute approximate surface area is 79.6 Å². The lowest BCUT2D eigenvalue weighted by Gasteiger charge is -2.10. The molecule has 78 valence electrons. The molecule has 0 aliphatic heterocycles. The predicted molar refractivity (Wildman–Crippen MR) is 46.1 cm³/mol. The molecule has 0 fully saturated rings. The molecule has 0 aliphatic carbocycles. The van der Waals surface area contributed by atoms with E-state index < -0.39 is 21.2 Å². The number of alkyl halides is 3. The molecule has 0 aliphatic rings. The van der Waals surface area contributed by atoms with Gasteiger partial charge in [-0.2, -0.15) is 17.4 Å². The zero-order chi connectivity index (χ0) is 10.6. The van der Waals surface area contributed by atoms with Crippen LogP contribution in [-0.4, -0.2) is 12.8 Å². The Kier molecular flexibility index (Phi) is 3.84. The SMILES string of the molecule is FP(OCC(F)(F)F)c1ccccc1. The molecule has 0 N–H and O–H groups in total. The van der Waals surface area contributed by atoms with Gasteiger partial charge in [0.15, 0.2) is 0 Å². The first-order chi connectivity index (χ1) is 6.49. The van der Waals surface area contributed by atoms with Gasteiger partial charge in [0.1, 0.15) is 6.61 Å². The lowest BCUT2D eigenvalue weighted by atomic mass is 10.4. The van der Waals surface area contributed by atoms with E-state index in [2.05, 4.69) is 4.52 Å². The summed E-state index contributed by atoms with van der Waals surface area (Å²) < 4.78 is 52.0. The highest BCUT2D eigenvalue weighted by molar-refractivity contribution is 7.55. The van der Waals surface area contributed by atoms with Crippen LogP contribution in [-0.2, 0) is 4.52 Å². The molecule has 6 heteroatoms. The molecule has 1 atom stereocenters. The van der Waals surface area contributed by atoms with Gasteiger partial charge >= 0.3 is 6.18 Å². The maximum Gasteiger partial charge on any atom is 0.412 e. The summed E-state index contributed by atoms with van der Waals surface area (Å²) in [4.78, 5) is 0. The fourth-order valence-electron chi connectivity index (χ4n) is 0.750. The second-order valence-electron chi connectivity index (χ2n) is 2.47. The average molecular weight is 226 g/mol. The molecule has 1 aromatic rings. The fraction of sp³-hybridized carbons (Fsp3) is 0.250. The summed E-state index contributed by atoms with van der Waals surface area (Å²) in [7, 11) is -2.66. The molecule has 0 saturated heterocycles. The third-order valence-corrected chi connectivity index (χ3v) is 2.36. The van der Waals surface area contributed by atoms with E-state index in [0.717, 1.165) is 0 Å². The van der Waals surface area contributed by atoms with E-state index in [9.17, 15) is 17.4 Å². The van der Waals surface area contributed by atoms with Crippen molar-refractivity contribution in [2.45, 2.75) is 6.18 Å². The lowest BCUT2D eigenvalue weighted by Crippen LogP contribution is -2.16. The summed E-state index contributed by atoms with van der Waals surface area (Å²) in [5.74, 6) is 0. The maximum atomic E-state index is 13.0. The van der Waals surface area contributed by atoms with Crippen LogP contribution in [0.4, 0.5) is 17.4 Å². The van der Waals surface area contributed by atoms with Gasteiger partial charge in [0.25, 0.3) is 8.46 Å². The highest BCUT2D eigenvalue weighted by Gasteiger charge is 2.30. The Morgan fingerprint density at radius 3 is 2.21 bits per heavy atom. The van der Waals surface area contributed by atoms with Crippen LogP contribution in [0.15, 0.2) is 30.3 Å². The van der Waals surface area contributed by atoms with E-state index >= 15 is 0 Å². The first-order valence-corrected chi connectivity index (χ1v) is 4.85. The minimum atomic E-state index is -4.48. The Balaban J connectivity index is 2.48.